The molecule has 1 rings (SSSR count). The van der Waals surface area contributed by atoms with Crippen molar-refractivity contribution >= 4 is 5.69 Å². The molecule has 0 bridgehead atoms. The predicted octanol–water partition coefficient (Wildman–Crippen LogP) is 2.41. The fourth-order valence-electron chi connectivity index (χ4n) is 1.92. The second-order valence-corrected chi connectivity index (χ2v) is 4.52. The van der Waals surface area contributed by atoms with E-state index in [1.54, 1.807) is 7.11 Å². The van der Waals surface area contributed by atoms with Gasteiger partial charge in [0, 0.05) is 13.6 Å². The van der Waals surface area contributed by atoms with Crippen LogP contribution in [0.4, 0.5) is 5.69 Å². The zero-order chi connectivity index (χ0) is 14.1. The molecule has 4 nitrogen and oxygen atoms in total. The van der Waals surface area contributed by atoms with E-state index in [0.29, 0.717) is 0 Å². The van der Waals surface area contributed by atoms with Crippen molar-refractivity contribution in [1.82, 2.24) is 5.32 Å². The molecule has 1 aromatic carbocycles. The molecule has 0 aliphatic heterocycles. The van der Waals surface area contributed by atoms with Gasteiger partial charge in [-0.3, -0.25) is 0 Å². The van der Waals surface area contributed by atoms with E-state index >= 15 is 0 Å². The number of benzene rings is 1. The molecule has 0 radical (unpaired) electrons. The zero-order valence-electron chi connectivity index (χ0n) is 12.0. The summed E-state index contributed by atoms with van der Waals surface area (Å²) in [5, 5.41) is 12.3. The minimum Gasteiger partial charge on any atom is -0.495 e. The second kappa shape index (κ2) is 8.39. The summed E-state index contributed by atoms with van der Waals surface area (Å²) in [6, 6.07) is 10.1. The van der Waals surface area contributed by atoms with Gasteiger partial charge in [-0.15, -0.1) is 0 Å². The SMILES string of the molecule is CCCNC(C#N)CCN(C)c1ccccc1OC. The molecule has 19 heavy (non-hydrogen) atoms. The fraction of sp³-hybridized carbons (Fsp3) is 0.533. The van der Waals surface area contributed by atoms with Crippen LogP contribution in [0, 0.1) is 11.3 Å². The molecule has 1 aromatic rings. The average molecular weight is 261 g/mol. The minimum atomic E-state index is -0.0860. The van der Waals surface area contributed by atoms with Gasteiger partial charge >= 0.3 is 0 Å². The summed E-state index contributed by atoms with van der Waals surface area (Å²) in [6.07, 6.45) is 1.84. The summed E-state index contributed by atoms with van der Waals surface area (Å²) in [4.78, 5) is 2.12. The number of anilines is 1. The lowest BCUT2D eigenvalue weighted by molar-refractivity contribution is 0.414. The van der Waals surface area contributed by atoms with Gasteiger partial charge in [0.1, 0.15) is 5.75 Å². The summed E-state index contributed by atoms with van der Waals surface area (Å²) >= 11 is 0. The highest BCUT2D eigenvalue weighted by molar-refractivity contribution is 5.57. The van der Waals surface area contributed by atoms with Gasteiger partial charge < -0.3 is 15.0 Å². The number of hydrogen-bond donors (Lipinski definition) is 1. The lowest BCUT2D eigenvalue weighted by Gasteiger charge is -2.23. The van der Waals surface area contributed by atoms with Crippen molar-refractivity contribution in [1.29, 1.82) is 5.26 Å². The van der Waals surface area contributed by atoms with E-state index in [2.05, 4.69) is 23.2 Å². The van der Waals surface area contributed by atoms with Crippen LogP contribution in [0.5, 0.6) is 5.75 Å². The molecule has 0 saturated heterocycles. The molecule has 0 aromatic heterocycles. The Labute approximate surface area is 116 Å². The normalized spacial score (nSPS) is 11.7. The van der Waals surface area contributed by atoms with Gasteiger partial charge in [-0.05, 0) is 31.5 Å². The molecule has 1 unspecified atom stereocenters. The summed E-state index contributed by atoms with van der Waals surface area (Å²) in [7, 11) is 3.69. The lowest BCUT2D eigenvalue weighted by atomic mass is 10.2. The van der Waals surface area contributed by atoms with Crippen molar-refractivity contribution in [2.24, 2.45) is 0 Å². The first-order chi connectivity index (χ1) is 9.22. The van der Waals surface area contributed by atoms with Crippen LogP contribution in [-0.2, 0) is 0 Å². The van der Waals surface area contributed by atoms with Crippen molar-refractivity contribution in [2.45, 2.75) is 25.8 Å². The predicted molar refractivity (Wildman–Crippen MR) is 78.6 cm³/mol. The van der Waals surface area contributed by atoms with Crippen molar-refractivity contribution in [3.63, 3.8) is 0 Å². The maximum absolute atomic E-state index is 9.08. The molecule has 0 aliphatic rings. The molecule has 0 spiro atoms. The van der Waals surface area contributed by atoms with Crippen LogP contribution >= 0.6 is 0 Å². The Morgan fingerprint density at radius 1 is 1.42 bits per heavy atom. The van der Waals surface area contributed by atoms with Crippen molar-refractivity contribution in [2.75, 3.05) is 32.1 Å². The first-order valence-electron chi connectivity index (χ1n) is 6.70. The number of nitriles is 1. The van der Waals surface area contributed by atoms with Crippen LogP contribution < -0.4 is 15.0 Å². The van der Waals surface area contributed by atoms with Gasteiger partial charge in [-0.1, -0.05) is 19.1 Å². The number of ether oxygens (including phenoxy) is 1. The number of para-hydroxylation sites is 2. The third kappa shape index (κ3) is 4.80. The van der Waals surface area contributed by atoms with Gasteiger partial charge in [-0.25, -0.2) is 0 Å². The third-order valence-corrected chi connectivity index (χ3v) is 3.05. The Bertz CT molecular complexity index is 414. The molecular formula is C15H23N3O. The van der Waals surface area contributed by atoms with E-state index in [1.165, 1.54) is 0 Å². The van der Waals surface area contributed by atoms with E-state index in [4.69, 9.17) is 10.00 Å². The topological polar surface area (TPSA) is 48.3 Å². The summed E-state index contributed by atoms with van der Waals surface area (Å²) in [5.41, 5.74) is 1.05. The van der Waals surface area contributed by atoms with E-state index in [1.807, 2.05) is 31.3 Å². The molecule has 0 fully saturated rings. The van der Waals surface area contributed by atoms with Gasteiger partial charge in [-0.2, -0.15) is 5.26 Å². The van der Waals surface area contributed by atoms with Gasteiger partial charge in [0.2, 0.25) is 0 Å². The first-order valence-corrected chi connectivity index (χ1v) is 6.70. The van der Waals surface area contributed by atoms with Gasteiger partial charge in [0.05, 0.1) is 24.9 Å². The Morgan fingerprint density at radius 3 is 2.79 bits per heavy atom. The highest BCUT2D eigenvalue weighted by Gasteiger charge is 2.10. The summed E-state index contributed by atoms with van der Waals surface area (Å²) < 4.78 is 5.34. The van der Waals surface area contributed by atoms with Crippen molar-refractivity contribution in [3.05, 3.63) is 24.3 Å². The first kappa shape index (κ1) is 15.3. The van der Waals surface area contributed by atoms with Crippen LogP contribution in [0.15, 0.2) is 24.3 Å². The molecule has 0 heterocycles. The van der Waals surface area contributed by atoms with Crippen molar-refractivity contribution in [3.8, 4) is 11.8 Å². The summed E-state index contributed by atoms with van der Waals surface area (Å²) in [6.45, 7) is 3.80. The second-order valence-electron chi connectivity index (χ2n) is 4.52. The Kier molecular flexibility index (Phi) is 6.76. The van der Waals surface area contributed by atoms with E-state index in [9.17, 15) is 0 Å². The Balaban J connectivity index is 2.54. The van der Waals surface area contributed by atoms with E-state index in [-0.39, 0.29) is 6.04 Å². The number of methoxy groups -OCH3 is 1. The number of nitrogens with zero attached hydrogens (tertiary/aromatic N) is 2. The highest BCUT2D eigenvalue weighted by Crippen LogP contribution is 2.26. The Morgan fingerprint density at radius 2 is 2.16 bits per heavy atom. The molecule has 0 aliphatic carbocycles. The quantitative estimate of drug-likeness (QED) is 0.780. The monoisotopic (exact) mass is 261 g/mol. The van der Waals surface area contributed by atoms with Crippen LogP contribution in [-0.4, -0.2) is 33.3 Å². The molecule has 1 N–H and O–H groups in total. The molecule has 104 valence electrons. The highest BCUT2D eigenvalue weighted by atomic mass is 16.5. The number of nitrogens with one attached hydrogen (secondary N) is 1. The van der Waals surface area contributed by atoms with Crippen LogP contribution in [0.2, 0.25) is 0 Å². The molecule has 0 saturated carbocycles. The van der Waals surface area contributed by atoms with E-state index < -0.39 is 0 Å². The summed E-state index contributed by atoms with van der Waals surface area (Å²) in [5.74, 6) is 0.861. The maximum atomic E-state index is 9.08. The Hall–Kier alpha value is -1.73. The molecular weight excluding hydrogens is 238 g/mol. The van der Waals surface area contributed by atoms with Crippen LogP contribution in [0.1, 0.15) is 19.8 Å². The van der Waals surface area contributed by atoms with Crippen LogP contribution in [0.3, 0.4) is 0 Å². The molecule has 0 amide bonds. The number of hydrogen-bond acceptors (Lipinski definition) is 4. The maximum Gasteiger partial charge on any atom is 0.142 e. The van der Waals surface area contributed by atoms with Gasteiger partial charge in [0.15, 0.2) is 0 Å². The zero-order valence-corrected chi connectivity index (χ0v) is 12.0. The largest absolute Gasteiger partial charge is 0.495 e. The van der Waals surface area contributed by atoms with E-state index in [0.717, 1.165) is 37.4 Å². The number of rotatable bonds is 8. The third-order valence-electron chi connectivity index (χ3n) is 3.05. The molecule has 1 atom stereocenters. The molecule has 4 heteroatoms. The smallest absolute Gasteiger partial charge is 0.142 e. The van der Waals surface area contributed by atoms with Crippen molar-refractivity contribution < 1.29 is 4.74 Å². The fourth-order valence-corrected chi connectivity index (χ4v) is 1.92. The standard InChI is InChI=1S/C15H23N3O/c1-4-10-17-13(12-16)9-11-18(2)14-7-5-6-8-15(14)19-3/h5-8,13,17H,4,9-11H2,1-3H3. The van der Waals surface area contributed by atoms with Gasteiger partial charge in [0.25, 0.3) is 0 Å². The van der Waals surface area contributed by atoms with Crippen LogP contribution in [0.25, 0.3) is 0 Å². The average Bonchev–Trinajstić information content (AvgIpc) is 2.47. The lowest BCUT2D eigenvalue weighted by Crippen LogP contribution is -2.32. The minimum absolute atomic E-state index is 0.0860.